The topological polar surface area (TPSA) is 81.2 Å². The van der Waals surface area contributed by atoms with E-state index in [1.807, 2.05) is 13.0 Å². The molecule has 20 heavy (non-hydrogen) atoms. The van der Waals surface area contributed by atoms with Crippen LogP contribution in [-0.2, 0) is 19.5 Å². The van der Waals surface area contributed by atoms with E-state index in [1.54, 1.807) is 18.3 Å². The first kappa shape index (κ1) is 14.7. The minimum Gasteiger partial charge on any atom is -0.444 e. The maximum atomic E-state index is 10.8. The average Bonchev–Trinajstić information content (AvgIpc) is 2.88. The van der Waals surface area contributed by atoms with Gasteiger partial charge in [-0.25, -0.2) is 4.98 Å². The number of aryl methyl sites for hydroxylation is 1. The molecule has 0 amide bonds. The molecule has 0 aliphatic heterocycles. The zero-order chi connectivity index (χ0) is 14.5. The Bertz CT molecular complexity index is 613. The van der Waals surface area contributed by atoms with Crippen molar-refractivity contribution >= 4 is 21.6 Å². The zero-order valence-electron chi connectivity index (χ0n) is 10.9. The molecule has 1 heterocycles. The molecular formula is C13H14BrN3O3. The van der Waals surface area contributed by atoms with Gasteiger partial charge in [0, 0.05) is 19.0 Å². The van der Waals surface area contributed by atoms with Crippen molar-refractivity contribution in [2.75, 3.05) is 0 Å². The van der Waals surface area contributed by atoms with Crippen LogP contribution >= 0.6 is 15.9 Å². The average molecular weight is 340 g/mol. The second-order valence-corrected chi connectivity index (χ2v) is 5.07. The van der Waals surface area contributed by atoms with Gasteiger partial charge in [0.1, 0.15) is 5.76 Å². The minimum atomic E-state index is -0.408. The molecule has 2 rings (SSSR count). The molecule has 2 aromatic rings. The number of nitrogens with zero attached hydrogens (tertiary/aromatic N) is 2. The third-order valence-corrected chi connectivity index (χ3v) is 3.43. The normalized spacial score (nSPS) is 10.7. The first-order chi connectivity index (χ1) is 9.60. The predicted octanol–water partition coefficient (Wildman–Crippen LogP) is 3.20. The number of rotatable bonds is 6. The highest BCUT2D eigenvalue weighted by molar-refractivity contribution is 9.10. The van der Waals surface area contributed by atoms with E-state index in [2.05, 4.69) is 26.2 Å². The number of nitro benzene ring substituents is 1. The van der Waals surface area contributed by atoms with E-state index >= 15 is 0 Å². The third kappa shape index (κ3) is 3.64. The molecule has 0 bridgehead atoms. The fraction of sp³-hybridized carbons (Fsp3) is 0.308. The second-order valence-electron chi connectivity index (χ2n) is 4.22. The Morgan fingerprint density at radius 3 is 2.90 bits per heavy atom. The summed E-state index contributed by atoms with van der Waals surface area (Å²) in [4.78, 5) is 14.6. The largest absolute Gasteiger partial charge is 0.444 e. The van der Waals surface area contributed by atoms with Crippen LogP contribution in [0.3, 0.4) is 0 Å². The monoisotopic (exact) mass is 339 g/mol. The van der Waals surface area contributed by atoms with Crippen molar-refractivity contribution in [3.05, 3.63) is 56.2 Å². The third-order valence-electron chi connectivity index (χ3n) is 2.76. The molecule has 0 aliphatic carbocycles. The Kier molecular flexibility index (Phi) is 4.86. The van der Waals surface area contributed by atoms with E-state index in [-0.39, 0.29) is 5.69 Å². The summed E-state index contributed by atoms with van der Waals surface area (Å²) >= 11 is 3.16. The van der Waals surface area contributed by atoms with E-state index in [0.717, 1.165) is 17.7 Å². The van der Waals surface area contributed by atoms with E-state index in [9.17, 15) is 10.1 Å². The molecule has 6 nitrogen and oxygen atoms in total. The molecule has 0 unspecified atom stereocenters. The van der Waals surface area contributed by atoms with E-state index in [4.69, 9.17) is 4.42 Å². The Balaban J connectivity index is 1.94. The number of oxazole rings is 1. The van der Waals surface area contributed by atoms with Gasteiger partial charge in [-0.1, -0.05) is 13.0 Å². The number of benzene rings is 1. The number of nitro groups is 1. The number of halogens is 1. The van der Waals surface area contributed by atoms with Crippen LogP contribution in [0.5, 0.6) is 0 Å². The number of hydrogen-bond donors (Lipinski definition) is 1. The fourth-order valence-electron chi connectivity index (χ4n) is 1.72. The van der Waals surface area contributed by atoms with Gasteiger partial charge < -0.3 is 9.73 Å². The lowest BCUT2D eigenvalue weighted by Crippen LogP contribution is -2.13. The van der Waals surface area contributed by atoms with Crippen LogP contribution in [0, 0.1) is 10.1 Å². The van der Waals surface area contributed by atoms with Crippen LogP contribution < -0.4 is 5.32 Å². The van der Waals surface area contributed by atoms with Crippen LogP contribution in [0.2, 0.25) is 0 Å². The van der Waals surface area contributed by atoms with Gasteiger partial charge in [0.15, 0.2) is 0 Å². The summed E-state index contributed by atoms with van der Waals surface area (Å²) in [6, 6.07) is 5.05. The van der Waals surface area contributed by atoms with Gasteiger partial charge in [0.25, 0.3) is 5.69 Å². The van der Waals surface area contributed by atoms with Crippen molar-refractivity contribution in [2.24, 2.45) is 0 Å². The molecule has 7 heteroatoms. The minimum absolute atomic E-state index is 0.0636. The van der Waals surface area contributed by atoms with Gasteiger partial charge in [-0.15, -0.1) is 0 Å². The molecule has 106 valence electrons. The summed E-state index contributed by atoms with van der Waals surface area (Å²) in [5.74, 6) is 1.47. The van der Waals surface area contributed by atoms with E-state index in [1.165, 1.54) is 0 Å². The SMILES string of the molecule is CCc1cnc(CNCc2ccc(Br)c([N+](=O)[O-])c2)o1. The lowest BCUT2D eigenvalue weighted by atomic mass is 10.2. The molecule has 0 aliphatic rings. The van der Waals surface area contributed by atoms with Crippen molar-refractivity contribution in [1.29, 1.82) is 0 Å². The summed E-state index contributed by atoms with van der Waals surface area (Å²) in [5, 5.41) is 14.0. The van der Waals surface area contributed by atoms with Crippen molar-refractivity contribution in [1.82, 2.24) is 10.3 Å². The number of aromatic nitrogens is 1. The standard InChI is InChI=1S/C13H14BrN3O3/c1-2-10-7-16-13(20-10)8-15-6-9-3-4-11(14)12(5-9)17(18)19/h3-5,7,15H,2,6,8H2,1H3. The van der Waals surface area contributed by atoms with Crippen LogP contribution in [-0.4, -0.2) is 9.91 Å². The number of nitrogens with one attached hydrogen (secondary N) is 1. The molecule has 0 fully saturated rings. The fourth-order valence-corrected chi connectivity index (χ4v) is 2.11. The molecule has 1 N–H and O–H groups in total. The van der Waals surface area contributed by atoms with Crippen molar-refractivity contribution in [3.63, 3.8) is 0 Å². The molecule has 1 aromatic carbocycles. The maximum Gasteiger partial charge on any atom is 0.283 e. The Labute approximate surface area is 124 Å². The summed E-state index contributed by atoms with van der Waals surface area (Å²) in [6.07, 6.45) is 2.52. The quantitative estimate of drug-likeness (QED) is 0.645. The Morgan fingerprint density at radius 2 is 2.25 bits per heavy atom. The van der Waals surface area contributed by atoms with Gasteiger partial charge in [-0.2, -0.15) is 0 Å². The van der Waals surface area contributed by atoms with E-state index < -0.39 is 4.92 Å². The van der Waals surface area contributed by atoms with Crippen LogP contribution in [0.4, 0.5) is 5.69 Å². The van der Waals surface area contributed by atoms with Crippen molar-refractivity contribution in [3.8, 4) is 0 Å². The summed E-state index contributed by atoms with van der Waals surface area (Å²) in [7, 11) is 0. The molecular weight excluding hydrogens is 326 g/mol. The molecule has 0 saturated carbocycles. The smallest absolute Gasteiger partial charge is 0.283 e. The summed E-state index contributed by atoms with van der Waals surface area (Å²) < 4.78 is 5.94. The molecule has 0 atom stereocenters. The first-order valence-electron chi connectivity index (χ1n) is 6.17. The maximum absolute atomic E-state index is 10.8. The summed E-state index contributed by atoms with van der Waals surface area (Å²) in [6.45, 7) is 3.00. The van der Waals surface area contributed by atoms with Crippen LogP contribution in [0.15, 0.2) is 33.3 Å². The molecule has 1 aromatic heterocycles. The van der Waals surface area contributed by atoms with Gasteiger partial charge in [0.05, 0.1) is 22.1 Å². The lowest BCUT2D eigenvalue weighted by Gasteiger charge is -2.03. The highest BCUT2D eigenvalue weighted by Crippen LogP contribution is 2.25. The van der Waals surface area contributed by atoms with Crippen molar-refractivity contribution in [2.45, 2.75) is 26.4 Å². The van der Waals surface area contributed by atoms with Crippen LogP contribution in [0.1, 0.15) is 24.1 Å². The van der Waals surface area contributed by atoms with Crippen LogP contribution in [0.25, 0.3) is 0 Å². The Morgan fingerprint density at radius 1 is 1.45 bits per heavy atom. The van der Waals surface area contributed by atoms with Gasteiger partial charge in [-0.05, 0) is 27.6 Å². The number of hydrogen-bond acceptors (Lipinski definition) is 5. The highest BCUT2D eigenvalue weighted by Gasteiger charge is 2.12. The van der Waals surface area contributed by atoms with Crippen molar-refractivity contribution < 1.29 is 9.34 Å². The van der Waals surface area contributed by atoms with Gasteiger partial charge in [0.2, 0.25) is 5.89 Å². The lowest BCUT2D eigenvalue weighted by molar-refractivity contribution is -0.385. The molecule has 0 saturated heterocycles. The summed E-state index contributed by atoms with van der Waals surface area (Å²) in [5.41, 5.74) is 0.899. The van der Waals surface area contributed by atoms with Gasteiger partial charge >= 0.3 is 0 Å². The van der Waals surface area contributed by atoms with E-state index in [0.29, 0.717) is 23.5 Å². The zero-order valence-corrected chi connectivity index (χ0v) is 12.5. The highest BCUT2D eigenvalue weighted by atomic mass is 79.9. The predicted molar refractivity (Wildman–Crippen MR) is 77.2 cm³/mol. The van der Waals surface area contributed by atoms with Gasteiger partial charge in [-0.3, -0.25) is 10.1 Å². The Hall–Kier alpha value is -1.73. The molecule has 0 spiro atoms. The molecule has 0 radical (unpaired) electrons. The second kappa shape index (κ2) is 6.62. The first-order valence-corrected chi connectivity index (χ1v) is 6.96.